The van der Waals surface area contributed by atoms with Crippen LogP contribution in [0.1, 0.15) is 52.5 Å². The highest BCUT2D eigenvalue weighted by atomic mass is 35.5. The molecule has 182 valence electrons. The molecule has 0 spiro atoms. The third kappa shape index (κ3) is 4.67. The molecule has 4 aromatic rings. The van der Waals surface area contributed by atoms with Crippen LogP contribution >= 0.6 is 11.6 Å². The van der Waals surface area contributed by atoms with Crippen LogP contribution in [0.2, 0.25) is 10.3 Å². The highest BCUT2D eigenvalue weighted by Gasteiger charge is 2.50. The smallest absolute Gasteiger partial charge is 0.261 e. The Balaban J connectivity index is 1.35. The molecule has 1 aliphatic rings. The lowest BCUT2D eigenvalue weighted by atomic mass is 9.87. The van der Waals surface area contributed by atoms with E-state index in [9.17, 15) is 0 Å². The molecule has 0 unspecified atom stereocenters. The summed E-state index contributed by atoms with van der Waals surface area (Å²) in [5.41, 5.74) is 0.831. The van der Waals surface area contributed by atoms with Crippen molar-refractivity contribution >= 4 is 41.3 Å². The summed E-state index contributed by atoms with van der Waals surface area (Å²) in [4.78, 5) is 8.51. The number of benzene rings is 2. The van der Waals surface area contributed by atoms with Gasteiger partial charge in [-0.25, -0.2) is 9.67 Å². The standard InChI is InChI=1S/C28H33ClN4OSi/c1-28(2,3)35(24-10-6-4-7-11-24,25-12-8-5-9-13-25)34-20-21-14-16-23(17-15-21)33-26-22(19-31-33)18-30-27(29)32-26/h4-13,18-19,21,23H,14-17,20H2,1-3H3/t21-,23-. The van der Waals surface area contributed by atoms with Crippen LogP contribution in [-0.2, 0) is 4.43 Å². The summed E-state index contributed by atoms with van der Waals surface area (Å²) in [5.74, 6) is 0.535. The van der Waals surface area contributed by atoms with E-state index >= 15 is 0 Å². The van der Waals surface area contributed by atoms with E-state index < -0.39 is 8.32 Å². The lowest BCUT2D eigenvalue weighted by Crippen LogP contribution is -2.66. The summed E-state index contributed by atoms with van der Waals surface area (Å²) in [7, 11) is -2.50. The first-order valence-corrected chi connectivity index (χ1v) is 14.8. The summed E-state index contributed by atoms with van der Waals surface area (Å²) < 4.78 is 9.24. The minimum atomic E-state index is -2.50. The van der Waals surface area contributed by atoms with Gasteiger partial charge in [0, 0.05) is 12.8 Å². The molecule has 2 heterocycles. The summed E-state index contributed by atoms with van der Waals surface area (Å²) in [5, 5.41) is 8.50. The zero-order chi connectivity index (χ0) is 24.5. The normalized spacial score (nSPS) is 19.2. The average Bonchev–Trinajstić information content (AvgIpc) is 3.28. The Morgan fingerprint density at radius 2 is 1.51 bits per heavy atom. The Kier molecular flexibility index (Phi) is 6.79. The molecule has 1 aliphatic carbocycles. The van der Waals surface area contributed by atoms with E-state index in [0.717, 1.165) is 43.3 Å². The summed E-state index contributed by atoms with van der Waals surface area (Å²) in [6, 6.07) is 22.1. The zero-order valence-corrected chi connectivity index (χ0v) is 22.4. The Labute approximate surface area is 213 Å². The van der Waals surface area contributed by atoms with Gasteiger partial charge in [-0.05, 0) is 58.6 Å². The summed E-state index contributed by atoms with van der Waals surface area (Å²) in [6.07, 6.45) is 7.94. The first-order chi connectivity index (χ1) is 16.9. The van der Waals surface area contributed by atoms with E-state index in [1.165, 1.54) is 10.4 Å². The molecule has 0 atom stereocenters. The van der Waals surface area contributed by atoms with Crippen molar-refractivity contribution in [3.8, 4) is 0 Å². The van der Waals surface area contributed by atoms with Gasteiger partial charge in [0.25, 0.3) is 8.32 Å². The maximum absolute atomic E-state index is 7.20. The predicted molar refractivity (Wildman–Crippen MR) is 145 cm³/mol. The largest absolute Gasteiger partial charge is 0.407 e. The Morgan fingerprint density at radius 3 is 2.09 bits per heavy atom. The maximum Gasteiger partial charge on any atom is 0.261 e. The second-order valence-electron chi connectivity index (χ2n) is 10.7. The van der Waals surface area contributed by atoms with E-state index in [2.05, 4.69) is 96.5 Å². The van der Waals surface area contributed by atoms with E-state index in [1.807, 2.05) is 10.9 Å². The van der Waals surface area contributed by atoms with Gasteiger partial charge < -0.3 is 4.43 Å². The van der Waals surface area contributed by atoms with Gasteiger partial charge in [-0.3, -0.25) is 0 Å². The van der Waals surface area contributed by atoms with Crippen molar-refractivity contribution in [2.45, 2.75) is 57.5 Å². The van der Waals surface area contributed by atoms with Gasteiger partial charge in [-0.15, -0.1) is 0 Å². The molecular weight excluding hydrogens is 472 g/mol. The number of hydrogen-bond acceptors (Lipinski definition) is 4. The van der Waals surface area contributed by atoms with Crippen molar-refractivity contribution in [1.82, 2.24) is 19.7 Å². The molecule has 5 nitrogen and oxygen atoms in total. The van der Waals surface area contributed by atoms with Crippen molar-refractivity contribution in [2.75, 3.05) is 6.61 Å². The Bertz CT molecular complexity index is 1230. The van der Waals surface area contributed by atoms with Crippen LogP contribution in [0, 0.1) is 5.92 Å². The number of rotatable bonds is 6. The molecule has 0 amide bonds. The number of aromatic nitrogens is 4. The van der Waals surface area contributed by atoms with Gasteiger partial charge in [0.1, 0.15) is 0 Å². The SMILES string of the molecule is CC(C)(C)[Si](OC[C@H]1CC[C@H](n2ncc3cnc(Cl)nc32)CC1)(c1ccccc1)c1ccccc1. The van der Waals surface area contributed by atoms with Crippen LogP contribution < -0.4 is 10.4 Å². The number of nitrogens with zero attached hydrogens (tertiary/aromatic N) is 4. The van der Waals surface area contributed by atoms with Crippen molar-refractivity contribution in [3.05, 3.63) is 78.3 Å². The molecule has 2 aromatic heterocycles. The minimum absolute atomic E-state index is 0.000141. The van der Waals surface area contributed by atoms with Crippen molar-refractivity contribution in [1.29, 1.82) is 0 Å². The van der Waals surface area contributed by atoms with Crippen molar-refractivity contribution < 1.29 is 4.43 Å². The fourth-order valence-electron chi connectivity index (χ4n) is 5.64. The fraction of sp³-hybridized carbons (Fsp3) is 0.393. The highest BCUT2D eigenvalue weighted by Crippen LogP contribution is 2.39. The molecule has 1 saturated carbocycles. The molecule has 0 radical (unpaired) electrons. The molecule has 0 N–H and O–H groups in total. The van der Waals surface area contributed by atoms with Crippen LogP contribution in [0.15, 0.2) is 73.1 Å². The molecule has 0 saturated heterocycles. The molecule has 5 rings (SSSR count). The number of hydrogen-bond donors (Lipinski definition) is 0. The van der Waals surface area contributed by atoms with Crippen LogP contribution in [0.25, 0.3) is 11.0 Å². The average molecular weight is 505 g/mol. The molecule has 1 fully saturated rings. The van der Waals surface area contributed by atoms with Gasteiger partial charge >= 0.3 is 0 Å². The van der Waals surface area contributed by atoms with Crippen molar-refractivity contribution in [3.63, 3.8) is 0 Å². The predicted octanol–water partition coefficient (Wildman–Crippen LogP) is 5.79. The zero-order valence-electron chi connectivity index (χ0n) is 20.7. The number of halogens is 1. The number of fused-ring (bicyclic) bond motifs is 1. The molecule has 0 bridgehead atoms. The fourth-order valence-corrected chi connectivity index (χ4v) is 10.4. The third-order valence-corrected chi connectivity index (χ3v) is 12.6. The second kappa shape index (κ2) is 9.84. The molecule has 0 aliphatic heterocycles. The van der Waals surface area contributed by atoms with Crippen LogP contribution in [0.4, 0.5) is 0 Å². The van der Waals surface area contributed by atoms with Crippen LogP contribution in [0.5, 0.6) is 0 Å². The van der Waals surface area contributed by atoms with Gasteiger partial charge in [0.2, 0.25) is 5.28 Å². The highest BCUT2D eigenvalue weighted by molar-refractivity contribution is 6.99. The van der Waals surface area contributed by atoms with E-state index in [1.54, 1.807) is 6.20 Å². The monoisotopic (exact) mass is 504 g/mol. The van der Waals surface area contributed by atoms with Gasteiger partial charge in [0.15, 0.2) is 5.65 Å². The Morgan fingerprint density at radius 1 is 0.914 bits per heavy atom. The van der Waals surface area contributed by atoms with E-state index in [4.69, 9.17) is 16.0 Å². The summed E-state index contributed by atoms with van der Waals surface area (Å²) in [6.45, 7) is 7.80. The third-order valence-electron chi connectivity index (χ3n) is 7.42. The Hall–Kier alpha value is -2.54. The molecular formula is C28H33ClN4OSi. The molecule has 35 heavy (non-hydrogen) atoms. The first kappa shape index (κ1) is 24.2. The summed E-state index contributed by atoms with van der Waals surface area (Å²) >= 11 is 6.06. The first-order valence-electron chi connectivity index (χ1n) is 12.5. The maximum atomic E-state index is 7.20. The van der Waals surface area contributed by atoms with E-state index in [-0.39, 0.29) is 10.3 Å². The van der Waals surface area contributed by atoms with E-state index in [0.29, 0.717) is 12.0 Å². The lowest BCUT2D eigenvalue weighted by molar-refractivity contribution is 0.173. The molecule has 7 heteroatoms. The van der Waals surface area contributed by atoms with Crippen molar-refractivity contribution in [2.24, 2.45) is 5.92 Å². The van der Waals surface area contributed by atoms with Crippen LogP contribution in [0.3, 0.4) is 0 Å². The van der Waals surface area contributed by atoms with Gasteiger partial charge in [0.05, 0.1) is 17.6 Å². The minimum Gasteiger partial charge on any atom is -0.407 e. The molecule has 2 aromatic carbocycles. The van der Waals surface area contributed by atoms with Gasteiger partial charge in [-0.2, -0.15) is 10.1 Å². The quantitative estimate of drug-likeness (QED) is 0.246. The topological polar surface area (TPSA) is 52.8 Å². The lowest BCUT2D eigenvalue weighted by Gasteiger charge is -2.44. The van der Waals surface area contributed by atoms with Crippen LogP contribution in [-0.4, -0.2) is 34.7 Å². The van der Waals surface area contributed by atoms with Gasteiger partial charge in [-0.1, -0.05) is 81.4 Å². The second-order valence-corrected chi connectivity index (χ2v) is 15.3.